The number of nitrogens with one attached hydrogen (secondary N) is 1. The second-order valence-electron chi connectivity index (χ2n) is 4.54. The van der Waals surface area contributed by atoms with Gasteiger partial charge in [0.05, 0.1) is 20.1 Å². The number of esters is 1. The largest absolute Gasteiger partial charge is 0.469 e. The molecule has 0 saturated heterocycles. The Morgan fingerprint density at radius 1 is 1.38 bits per heavy atom. The highest BCUT2D eigenvalue weighted by atomic mass is 79.9. The fourth-order valence-electron chi connectivity index (χ4n) is 1.76. The maximum Gasteiger partial charge on any atom is 0.307 e. The Balaban J connectivity index is 2.63. The summed E-state index contributed by atoms with van der Waals surface area (Å²) in [5, 5.41) is 3.22. The molecule has 1 aromatic carbocycles. The van der Waals surface area contributed by atoms with E-state index < -0.39 is 0 Å². The third kappa shape index (κ3) is 6.62. The van der Waals surface area contributed by atoms with Crippen molar-refractivity contribution in [2.45, 2.75) is 19.9 Å². The zero-order valence-electron chi connectivity index (χ0n) is 12.7. The minimum absolute atomic E-state index is 0.245. The number of aliphatic imine (C=N–C) groups is 1. The van der Waals surface area contributed by atoms with Gasteiger partial charge in [-0.25, -0.2) is 0 Å². The van der Waals surface area contributed by atoms with Gasteiger partial charge in [-0.3, -0.25) is 9.79 Å². The number of carbonyl (C=O) groups excluding carboxylic acids is 1. The monoisotopic (exact) mass is 355 g/mol. The van der Waals surface area contributed by atoms with E-state index in [4.69, 9.17) is 0 Å². The molecule has 0 atom stereocenters. The Bertz CT molecular complexity index is 474. The highest BCUT2D eigenvalue weighted by Crippen LogP contribution is 2.11. The predicted octanol–water partition coefficient (Wildman–Crippen LogP) is 2.41. The third-order valence-electron chi connectivity index (χ3n) is 2.83. The van der Waals surface area contributed by atoms with E-state index in [0.717, 1.165) is 23.5 Å². The number of rotatable bonds is 6. The molecule has 1 rings (SSSR count). The number of hydrogen-bond donors (Lipinski definition) is 1. The van der Waals surface area contributed by atoms with E-state index >= 15 is 0 Å². The molecule has 0 aliphatic heterocycles. The van der Waals surface area contributed by atoms with Crippen molar-refractivity contribution in [3.05, 3.63) is 34.3 Å². The molecule has 0 bridgehead atoms. The number of methoxy groups -OCH3 is 1. The standard InChI is InChI=1S/C15H22BrN3O2/c1-4-17-15(18-10-9-14(20)21-3)19(2)11-12-5-7-13(16)8-6-12/h5-8H,4,9-11H2,1-3H3,(H,17,18). The molecule has 0 radical (unpaired) electrons. The lowest BCUT2D eigenvalue weighted by Crippen LogP contribution is -2.38. The molecule has 6 heteroatoms. The Hall–Kier alpha value is -1.56. The Labute approximate surface area is 134 Å². The van der Waals surface area contributed by atoms with Gasteiger partial charge in [-0.05, 0) is 24.6 Å². The molecule has 0 saturated carbocycles. The van der Waals surface area contributed by atoms with E-state index in [1.807, 2.05) is 31.0 Å². The zero-order valence-corrected chi connectivity index (χ0v) is 14.3. The fraction of sp³-hybridized carbons (Fsp3) is 0.467. The van der Waals surface area contributed by atoms with Crippen molar-refractivity contribution in [2.75, 3.05) is 27.2 Å². The van der Waals surface area contributed by atoms with Gasteiger partial charge in [0.1, 0.15) is 0 Å². The van der Waals surface area contributed by atoms with Crippen LogP contribution in [0, 0.1) is 0 Å². The molecule has 0 aliphatic carbocycles. The maximum atomic E-state index is 11.1. The van der Waals surface area contributed by atoms with Crippen LogP contribution in [0.2, 0.25) is 0 Å². The molecular weight excluding hydrogens is 334 g/mol. The summed E-state index contributed by atoms with van der Waals surface area (Å²) < 4.78 is 5.68. The Morgan fingerprint density at radius 3 is 2.62 bits per heavy atom. The maximum absolute atomic E-state index is 11.1. The number of ether oxygens (including phenoxy) is 1. The average Bonchev–Trinajstić information content (AvgIpc) is 2.48. The van der Waals surface area contributed by atoms with Crippen molar-refractivity contribution in [3.8, 4) is 0 Å². The first-order chi connectivity index (χ1) is 10.1. The third-order valence-corrected chi connectivity index (χ3v) is 3.36. The first-order valence-electron chi connectivity index (χ1n) is 6.87. The first-order valence-corrected chi connectivity index (χ1v) is 7.66. The average molecular weight is 356 g/mol. The van der Waals surface area contributed by atoms with Crippen LogP contribution < -0.4 is 5.32 Å². The highest BCUT2D eigenvalue weighted by Gasteiger charge is 2.07. The van der Waals surface area contributed by atoms with Gasteiger partial charge in [0.2, 0.25) is 0 Å². The van der Waals surface area contributed by atoms with Crippen molar-refractivity contribution in [1.29, 1.82) is 0 Å². The molecule has 0 spiro atoms. The van der Waals surface area contributed by atoms with Crippen LogP contribution >= 0.6 is 15.9 Å². The number of guanidine groups is 1. The van der Waals surface area contributed by atoms with E-state index in [1.165, 1.54) is 12.7 Å². The predicted molar refractivity (Wildman–Crippen MR) is 88.2 cm³/mol. The van der Waals surface area contributed by atoms with Gasteiger partial charge in [-0.1, -0.05) is 28.1 Å². The summed E-state index contributed by atoms with van der Waals surface area (Å²) in [6.07, 6.45) is 0.289. The topological polar surface area (TPSA) is 53.9 Å². The van der Waals surface area contributed by atoms with Crippen LogP contribution in [0.15, 0.2) is 33.7 Å². The van der Waals surface area contributed by atoms with Crippen molar-refractivity contribution < 1.29 is 9.53 Å². The van der Waals surface area contributed by atoms with Gasteiger partial charge in [0.25, 0.3) is 0 Å². The summed E-state index contributed by atoms with van der Waals surface area (Å²) in [6.45, 7) is 3.96. The molecule has 21 heavy (non-hydrogen) atoms. The molecule has 5 nitrogen and oxygen atoms in total. The first kappa shape index (κ1) is 17.5. The lowest BCUT2D eigenvalue weighted by molar-refractivity contribution is -0.140. The van der Waals surface area contributed by atoms with Crippen LogP contribution in [-0.4, -0.2) is 44.1 Å². The van der Waals surface area contributed by atoms with E-state index in [-0.39, 0.29) is 12.4 Å². The summed E-state index contributed by atoms with van der Waals surface area (Å²) in [5.41, 5.74) is 1.19. The molecule has 0 amide bonds. The molecule has 1 N–H and O–H groups in total. The molecule has 0 fully saturated rings. The van der Waals surface area contributed by atoms with Crippen molar-refractivity contribution >= 4 is 27.9 Å². The van der Waals surface area contributed by atoms with Gasteiger partial charge < -0.3 is 15.0 Å². The highest BCUT2D eigenvalue weighted by molar-refractivity contribution is 9.10. The number of halogens is 1. The summed E-state index contributed by atoms with van der Waals surface area (Å²) in [6, 6.07) is 8.17. The van der Waals surface area contributed by atoms with Crippen LogP contribution in [-0.2, 0) is 16.1 Å². The van der Waals surface area contributed by atoms with Gasteiger partial charge in [0, 0.05) is 24.6 Å². The normalized spacial score (nSPS) is 11.1. The SMILES string of the molecule is CCNC(=NCCC(=O)OC)N(C)Cc1ccc(Br)cc1. The van der Waals surface area contributed by atoms with Gasteiger partial charge in [0.15, 0.2) is 5.96 Å². The van der Waals surface area contributed by atoms with Gasteiger partial charge in [-0.2, -0.15) is 0 Å². The fourth-order valence-corrected chi connectivity index (χ4v) is 2.03. The molecule has 0 aromatic heterocycles. The lowest BCUT2D eigenvalue weighted by atomic mass is 10.2. The quantitative estimate of drug-likeness (QED) is 0.483. The Morgan fingerprint density at radius 2 is 2.05 bits per heavy atom. The van der Waals surface area contributed by atoms with E-state index in [2.05, 4.69) is 43.1 Å². The molecule has 0 unspecified atom stereocenters. The minimum atomic E-state index is -0.245. The van der Waals surface area contributed by atoms with Gasteiger partial charge >= 0.3 is 5.97 Å². The van der Waals surface area contributed by atoms with E-state index in [1.54, 1.807) is 0 Å². The van der Waals surface area contributed by atoms with Crippen LogP contribution in [0.1, 0.15) is 18.9 Å². The van der Waals surface area contributed by atoms with Crippen LogP contribution in [0.3, 0.4) is 0 Å². The van der Waals surface area contributed by atoms with Gasteiger partial charge in [-0.15, -0.1) is 0 Å². The van der Waals surface area contributed by atoms with Crippen molar-refractivity contribution in [1.82, 2.24) is 10.2 Å². The smallest absolute Gasteiger partial charge is 0.307 e. The summed E-state index contributed by atoms with van der Waals surface area (Å²) in [7, 11) is 3.36. The van der Waals surface area contributed by atoms with Crippen LogP contribution in [0.25, 0.3) is 0 Å². The number of benzene rings is 1. The molecule has 0 heterocycles. The lowest BCUT2D eigenvalue weighted by Gasteiger charge is -2.22. The van der Waals surface area contributed by atoms with Crippen molar-refractivity contribution in [2.24, 2.45) is 4.99 Å². The Kier molecular flexibility index (Phi) is 7.82. The van der Waals surface area contributed by atoms with Crippen LogP contribution in [0.5, 0.6) is 0 Å². The second kappa shape index (κ2) is 9.39. The number of nitrogens with zero attached hydrogens (tertiary/aromatic N) is 2. The summed E-state index contributed by atoms with van der Waals surface area (Å²) >= 11 is 3.43. The molecule has 116 valence electrons. The molecule has 0 aliphatic rings. The van der Waals surface area contributed by atoms with E-state index in [9.17, 15) is 4.79 Å². The van der Waals surface area contributed by atoms with E-state index in [0.29, 0.717) is 6.54 Å². The van der Waals surface area contributed by atoms with Crippen LogP contribution in [0.4, 0.5) is 0 Å². The molecule has 1 aromatic rings. The molecular formula is C15H22BrN3O2. The van der Waals surface area contributed by atoms with Crippen molar-refractivity contribution in [3.63, 3.8) is 0 Å². The number of carbonyl (C=O) groups is 1. The minimum Gasteiger partial charge on any atom is -0.469 e. The second-order valence-corrected chi connectivity index (χ2v) is 5.46. The number of hydrogen-bond acceptors (Lipinski definition) is 3. The summed E-state index contributed by atoms with van der Waals surface area (Å²) in [4.78, 5) is 17.6. The zero-order chi connectivity index (χ0) is 15.7. The summed E-state index contributed by atoms with van der Waals surface area (Å²) in [5.74, 6) is 0.537.